The summed E-state index contributed by atoms with van der Waals surface area (Å²) in [7, 11) is 1.83. The van der Waals surface area contributed by atoms with Crippen molar-refractivity contribution in [3.05, 3.63) is 35.9 Å². The predicted octanol–water partition coefficient (Wildman–Crippen LogP) is 3.53. The number of benzene rings is 1. The Bertz CT molecular complexity index is 453. The molecule has 1 aromatic rings. The van der Waals surface area contributed by atoms with Crippen molar-refractivity contribution in [1.82, 2.24) is 10.6 Å². The van der Waals surface area contributed by atoms with Gasteiger partial charge in [0.2, 0.25) is 0 Å². The SMILES string of the molecule is CCCCOCCCNC(=NC)NC1CC1c1ccccc1.I. The third kappa shape index (κ3) is 7.52. The normalized spacial score (nSPS) is 19.8. The Morgan fingerprint density at radius 1 is 1.22 bits per heavy atom. The number of unbranched alkanes of at least 4 members (excludes halogenated alkanes) is 1. The molecule has 0 bridgehead atoms. The molecule has 4 nitrogen and oxygen atoms in total. The highest BCUT2D eigenvalue weighted by atomic mass is 127. The van der Waals surface area contributed by atoms with E-state index in [1.165, 1.54) is 18.4 Å². The average molecular weight is 431 g/mol. The molecular weight excluding hydrogens is 401 g/mol. The first-order valence-electron chi connectivity index (χ1n) is 8.45. The topological polar surface area (TPSA) is 45.6 Å². The number of ether oxygens (including phenoxy) is 1. The molecule has 1 saturated carbocycles. The fourth-order valence-corrected chi connectivity index (χ4v) is 2.52. The summed E-state index contributed by atoms with van der Waals surface area (Å²) in [6.45, 7) is 4.78. The first-order valence-corrected chi connectivity index (χ1v) is 8.45. The number of nitrogens with zero attached hydrogens (tertiary/aromatic N) is 1. The minimum atomic E-state index is 0. The van der Waals surface area contributed by atoms with E-state index in [1.807, 2.05) is 7.05 Å². The Balaban J connectivity index is 0.00000264. The van der Waals surface area contributed by atoms with Crippen LogP contribution in [0.15, 0.2) is 35.3 Å². The van der Waals surface area contributed by atoms with Gasteiger partial charge in [-0.2, -0.15) is 0 Å². The fraction of sp³-hybridized carbons (Fsp3) is 0.611. The van der Waals surface area contributed by atoms with E-state index in [0.717, 1.165) is 38.6 Å². The lowest BCUT2D eigenvalue weighted by atomic mass is 10.1. The highest BCUT2D eigenvalue weighted by Gasteiger charge is 2.38. The molecule has 1 fully saturated rings. The van der Waals surface area contributed by atoms with Gasteiger partial charge in [0.15, 0.2) is 5.96 Å². The molecule has 1 aromatic carbocycles. The minimum absolute atomic E-state index is 0. The maximum atomic E-state index is 5.56. The standard InChI is InChI=1S/C18H29N3O.HI/c1-3-4-12-22-13-8-11-20-18(19-2)21-17-14-16(17)15-9-6-5-7-10-15;/h5-7,9-10,16-17H,3-4,8,11-14H2,1-2H3,(H2,19,20,21);1H. The zero-order valence-electron chi connectivity index (χ0n) is 14.3. The number of hydrogen-bond donors (Lipinski definition) is 2. The molecule has 1 aliphatic rings. The Morgan fingerprint density at radius 2 is 1.96 bits per heavy atom. The molecule has 1 aliphatic carbocycles. The maximum absolute atomic E-state index is 5.56. The Kier molecular flexibility index (Phi) is 10.3. The van der Waals surface area contributed by atoms with Crippen molar-refractivity contribution in [3.8, 4) is 0 Å². The monoisotopic (exact) mass is 431 g/mol. The Hall–Kier alpha value is -0.820. The second kappa shape index (κ2) is 11.7. The summed E-state index contributed by atoms with van der Waals surface area (Å²) in [6, 6.07) is 11.2. The molecular formula is C18H30IN3O. The lowest BCUT2D eigenvalue weighted by Crippen LogP contribution is -2.39. The number of aliphatic imine (C=N–C) groups is 1. The van der Waals surface area contributed by atoms with Crippen molar-refractivity contribution >= 4 is 29.9 Å². The quantitative estimate of drug-likeness (QED) is 0.272. The number of halogens is 1. The van der Waals surface area contributed by atoms with Gasteiger partial charge in [-0.15, -0.1) is 24.0 Å². The van der Waals surface area contributed by atoms with Crippen LogP contribution in [0, 0.1) is 0 Å². The van der Waals surface area contributed by atoms with E-state index in [0.29, 0.717) is 12.0 Å². The van der Waals surface area contributed by atoms with E-state index in [4.69, 9.17) is 4.74 Å². The summed E-state index contributed by atoms with van der Waals surface area (Å²) in [6.07, 6.45) is 4.54. The van der Waals surface area contributed by atoms with Gasteiger partial charge in [-0.05, 0) is 24.8 Å². The van der Waals surface area contributed by atoms with Gasteiger partial charge >= 0.3 is 0 Å². The van der Waals surface area contributed by atoms with Crippen molar-refractivity contribution < 1.29 is 4.74 Å². The molecule has 0 aromatic heterocycles. The third-order valence-corrected chi connectivity index (χ3v) is 3.96. The van der Waals surface area contributed by atoms with Crippen LogP contribution in [0.2, 0.25) is 0 Å². The van der Waals surface area contributed by atoms with E-state index in [-0.39, 0.29) is 24.0 Å². The van der Waals surface area contributed by atoms with Crippen LogP contribution < -0.4 is 10.6 Å². The Labute approximate surface area is 157 Å². The van der Waals surface area contributed by atoms with E-state index < -0.39 is 0 Å². The van der Waals surface area contributed by atoms with Gasteiger partial charge in [0.25, 0.3) is 0 Å². The second-order valence-corrected chi connectivity index (χ2v) is 5.82. The number of rotatable bonds is 9. The van der Waals surface area contributed by atoms with Crippen LogP contribution >= 0.6 is 24.0 Å². The van der Waals surface area contributed by atoms with Crippen LogP contribution in [0.1, 0.15) is 44.1 Å². The zero-order valence-corrected chi connectivity index (χ0v) is 16.6. The van der Waals surface area contributed by atoms with E-state index in [2.05, 4.69) is 52.9 Å². The van der Waals surface area contributed by atoms with Gasteiger partial charge in [0.1, 0.15) is 0 Å². The molecule has 0 aliphatic heterocycles. The Morgan fingerprint density at radius 3 is 2.65 bits per heavy atom. The summed E-state index contributed by atoms with van der Waals surface area (Å²) < 4.78 is 5.56. The molecule has 130 valence electrons. The van der Waals surface area contributed by atoms with Crippen LogP contribution in [0.3, 0.4) is 0 Å². The lowest BCUT2D eigenvalue weighted by molar-refractivity contribution is 0.129. The van der Waals surface area contributed by atoms with Crippen LogP contribution in [0.5, 0.6) is 0 Å². The maximum Gasteiger partial charge on any atom is 0.191 e. The van der Waals surface area contributed by atoms with Crippen LogP contribution in [0.4, 0.5) is 0 Å². The minimum Gasteiger partial charge on any atom is -0.381 e. The molecule has 2 atom stereocenters. The van der Waals surface area contributed by atoms with E-state index in [1.54, 1.807) is 0 Å². The highest BCUT2D eigenvalue weighted by Crippen LogP contribution is 2.40. The molecule has 0 spiro atoms. The summed E-state index contributed by atoms with van der Waals surface area (Å²) in [5.74, 6) is 1.52. The van der Waals surface area contributed by atoms with Gasteiger partial charge in [0, 0.05) is 38.8 Å². The molecule has 2 rings (SSSR count). The first kappa shape index (κ1) is 20.2. The number of nitrogens with one attached hydrogen (secondary N) is 2. The van der Waals surface area contributed by atoms with E-state index in [9.17, 15) is 0 Å². The largest absolute Gasteiger partial charge is 0.381 e. The summed E-state index contributed by atoms with van der Waals surface area (Å²) in [4.78, 5) is 4.30. The first-order chi connectivity index (χ1) is 10.8. The van der Waals surface area contributed by atoms with E-state index >= 15 is 0 Å². The van der Waals surface area contributed by atoms with Crippen molar-refractivity contribution in [2.45, 2.75) is 44.6 Å². The van der Waals surface area contributed by atoms with Gasteiger partial charge in [-0.3, -0.25) is 4.99 Å². The van der Waals surface area contributed by atoms with Gasteiger partial charge < -0.3 is 15.4 Å². The average Bonchev–Trinajstić information content (AvgIpc) is 3.33. The predicted molar refractivity (Wildman–Crippen MR) is 108 cm³/mol. The fourth-order valence-electron chi connectivity index (χ4n) is 2.52. The summed E-state index contributed by atoms with van der Waals surface area (Å²) in [5.41, 5.74) is 1.42. The molecule has 0 heterocycles. The van der Waals surface area contributed by atoms with Crippen LogP contribution in [-0.2, 0) is 4.74 Å². The molecule has 5 heteroatoms. The molecule has 0 amide bonds. The van der Waals surface area contributed by atoms with Crippen molar-refractivity contribution in [2.24, 2.45) is 4.99 Å². The molecule has 2 N–H and O–H groups in total. The highest BCUT2D eigenvalue weighted by molar-refractivity contribution is 14.0. The van der Waals surface area contributed by atoms with Gasteiger partial charge in [0.05, 0.1) is 0 Å². The summed E-state index contributed by atoms with van der Waals surface area (Å²) >= 11 is 0. The summed E-state index contributed by atoms with van der Waals surface area (Å²) in [5, 5.41) is 6.86. The molecule has 0 radical (unpaired) electrons. The van der Waals surface area contributed by atoms with Crippen LogP contribution in [0.25, 0.3) is 0 Å². The van der Waals surface area contributed by atoms with Crippen molar-refractivity contribution in [2.75, 3.05) is 26.8 Å². The van der Waals surface area contributed by atoms with Crippen molar-refractivity contribution in [1.29, 1.82) is 0 Å². The van der Waals surface area contributed by atoms with Crippen molar-refractivity contribution in [3.63, 3.8) is 0 Å². The molecule has 0 saturated heterocycles. The smallest absolute Gasteiger partial charge is 0.191 e. The second-order valence-electron chi connectivity index (χ2n) is 5.82. The van der Waals surface area contributed by atoms with Crippen LogP contribution in [-0.4, -0.2) is 38.8 Å². The number of hydrogen-bond acceptors (Lipinski definition) is 2. The number of guanidine groups is 1. The third-order valence-electron chi connectivity index (χ3n) is 3.96. The lowest BCUT2D eigenvalue weighted by Gasteiger charge is -2.12. The molecule has 23 heavy (non-hydrogen) atoms. The van der Waals surface area contributed by atoms with Gasteiger partial charge in [-0.25, -0.2) is 0 Å². The zero-order chi connectivity index (χ0) is 15.6. The molecule has 2 unspecified atom stereocenters. The van der Waals surface area contributed by atoms with Gasteiger partial charge in [-0.1, -0.05) is 43.7 Å².